The topological polar surface area (TPSA) is 85.9 Å². The van der Waals surface area contributed by atoms with E-state index < -0.39 is 0 Å². The third-order valence-electron chi connectivity index (χ3n) is 4.72. The predicted octanol–water partition coefficient (Wildman–Crippen LogP) is 1.39. The van der Waals surface area contributed by atoms with Crippen molar-refractivity contribution in [2.75, 3.05) is 36.8 Å². The van der Waals surface area contributed by atoms with Gasteiger partial charge in [-0.1, -0.05) is 0 Å². The third-order valence-corrected chi connectivity index (χ3v) is 5.71. The molecule has 25 heavy (non-hydrogen) atoms. The fourth-order valence-electron chi connectivity index (χ4n) is 3.32. The molecule has 0 spiro atoms. The van der Waals surface area contributed by atoms with Crippen molar-refractivity contribution in [2.24, 2.45) is 5.92 Å². The number of amides is 1. The molecule has 2 aliphatic rings. The lowest BCUT2D eigenvalue weighted by Crippen LogP contribution is -2.34. The molecule has 2 aromatic heterocycles. The van der Waals surface area contributed by atoms with Crippen LogP contribution in [0, 0.1) is 12.8 Å². The molecule has 4 rings (SSSR count). The van der Waals surface area contributed by atoms with Crippen LogP contribution in [-0.4, -0.2) is 52.8 Å². The standard InChI is InChI=1S/C17H22N6OS/c1-11-6-19-15-14(11)16(22-10-21-15)23-4-5-25-13(9-23)17(24)20-8-12-2-3-18-7-12/h6,9-10,12,18H,2-5,7-8H2,1H3,(H,20,24)(H,19,21,22)/t12-/m1/s1. The van der Waals surface area contributed by atoms with Crippen molar-refractivity contribution in [1.29, 1.82) is 0 Å². The molecule has 4 heterocycles. The van der Waals surface area contributed by atoms with Crippen LogP contribution < -0.4 is 15.5 Å². The number of carbonyl (C=O) groups is 1. The Hall–Kier alpha value is -2.06. The number of anilines is 1. The van der Waals surface area contributed by atoms with E-state index in [-0.39, 0.29) is 5.91 Å². The zero-order chi connectivity index (χ0) is 17.2. The molecule has 0 unspecified atom stereocenters. The number of nitrogens with one attached hydrogen (secondary N) is 3. The van der Waals surface area contributed by atoms with E-state index in [0.717, 1.165) is 65.7 Å². The molecular formula is C17H22N6OS. The molecule has 8 heteroatoms. The molecule has 7 nitrogen and oxygen atoms in total. The molecule has 2 aromatic rings. The predicted molar refractivity (Wildman–Crippen MR) is 100 cm³/mol. The summed E-state index contributed by atoms with van der Waals surface area (Å²) < 4.78 is 0. The maximum Gasteiger partial charge on any atom is 0.259 e. The number of aryl methyl sites for hydroxylation is 1. The summed E-state index contributed by atoms with van der Waals surface area (Å²) in [6, 6.07) is 0. The van der Waals surface area contributed by atoms with Gasteiger partial charge in [-0.3, -0.25) is 4.79 Å². The number of hydrogen-bond donors (Lipinski definition) is 3. The number of carbonyl (C=O) groups excluding carboxylic acids is 1. The summed E-state index contributed by atoms with van der Waals surface area (Å²) in [6.07, 6.45) is 6.55. The monoisotopic (exact) mass is 358 g/mol. The van der Waals surface area contributed by atoms with Gasteiger partial charge >= 0.3 is 0 Å². The molecule has 2 aliphatic heterocycles. The molecule has 0 radical (unpaired) electrons. The first-order valence-corrected chi connectivity index (χ1v) is 9.60. The van der Waals surface area contributed by atoms with Gasteiger partial charge in [-0.25, -0.2) is 9.97 Å². The van der Waals surface area contributed by atoms with Gasteiger partial charge in [-0.15, -0.1) is 11.8 Å². The molecule has 0 saturated carbocycles. The van der Waals surface area contributed by atoms with Crippen molar-refractivity contribution in [3.05, 3.63) is 29.2 Å². The van der Waals surface area contributed by atoms with E-state index in [1.54, 1.807) is 18.1 Å². The average molecular weight is 358 g/mol. The number of aromatic amines is 1. The number of hydrogen-bond acceptors (Lipinski definition) is 6. The minimum Gasteiger partial charge on any atom is -0.351 e. The summed E-state index contributed by atoms with van der Waals surface area (Å²) in [5.41, 5.74) is 1.94. The molecule has 0 aromatic carbocycles. The first kappa shape index (κ1) is 16.4. The Kier molecular flexibility index (Phi) is 4.63. The third kappa shape index (κ3) is 3.36. The maximum atomic E-state index is 12.5. The molecule has 132 valence electrons. The number of fused-ring (bicyclic) bond motifs is 1. The zero-order valence-corrected chi connectivity index (χ0v) is 15.0. The quantitative estimate of drug-likeness (QED) is 0.766. The van der Waals surface area contributed by atoms with Gasteiger partial charge < -0.3 is 20.5 Å². The highest BCUT2D eigenvalue weighted by Gasteiger charge is 2.22. The molecule has 1 saturated heterocycles. The summed E-state index contributed by atoms with van der Waals surface area (Å²) in [5, 5.41) is 7.42. The van der Waals surface area contributed by atoms with Gasteiger partial charge in [0.05, 0.1) is 10.3 Å². The number of thioether (sulfide) groups is 1. The van der Waals surface area contributed by atoms with Crippen LogP contribution in [0.5, 0.6) is 0 Å². The Morgan fingerprint density at radius 1 is 1.48 bits per heavy atom. The van der Waals surface area contributed by atoms with E-state index in [1.807, 2.05) is 19.3 Å². The molecule has 1 atom stereocenters. The zero-order valence-electron chi connectivity index (χ0n) is 14.2. The Morgan fingerprint density at radius 3 is 3.24 bits per heavy atom. The van der Waals surface area contributed by atoms with E-state index in [9.17, 15) is 4.79 Å². The molecular weight excluding hydrogens is 336 g/mol. The van der Waals surface area contributed by atoms with Gasteiger partial charge in [0.2, 0.25) is 0 Å². The van der Waals surface area contributed by atoms with Crippen LogP contribution in [0.2, 0.25) is 0 Å². The van der Waals surface area contributed by atoms with Gasteiger partial charge in [0.25, 0.3) is 5.91 Å². The lowest BCUT2D eigenvalue weighted by Gasteiger charge is -2.26. The fourth-order valence-corrected chi connectivity index (χ4v) is 4.23. The molecule has 3 N–H and O–H groups in total. The fraction of sp³-hybridized carbons (Fsp3) is 0.471. The highest BCUT2D eigenvalue weighted by Crippen LogP contribution is 2.30. The van der Waals surface area contributed by atoms with E-state index in [0.29, 0.717) is 5.92 Å². The van der Waals surface area contributed by atoms with Crippen molar-refractivity contribution in [1.82, 2.24) is 25.6 Å². The van der Waals surface area contributed by atoms with E-state index in [1.165, 1.54) is 0 Å². The number of rotatable bonds is 4. The Labute approximate surface area is 150 Å². The summed E-state index contributed by atoms with van der Waals surface area (Å²) in [6.45, 7) is 5.64. The second-order valence-corrected chi connectivity index (χ2v) is 7.63. The van der Waals surface area contributed by atoms with Crippen molar-refractivity contribution in [3.63, 3.8) is 0 Å². The maximum absolute atomic E-state index is 12.5. The number of H-pyrrole nitrogens is 1. The smallest absolute Gasteiger partial charge is 0.259 e. The van der Waals surface area contributed by atoms with Crippen LogP contribution in [0.1, 0.15) is 12.0 Å². The SMILES string of the molecule is Cc1c[nH]c2ncnc(N3C=C(C(=O)NC[C@@H]4CCNC4)SCC3)c12. The van der Waals surface area contributed by atoms with Crippen LogP contribution in [0.3, 0.4) is 0 Å². The van der Waals surface area contributed by atoms with Crippen LogP contribution in [0.15, 0.2) is 23.6 Å². The lowest BCUT2D eigenvalue weighted by atomic mass is 10.1. The van der Waals surface area contributed by atoms with Gasteiger partial charge in [0.15, 0.2) is 0 Å². The molecule has 0 aliphatic carbocycles. The molecule has 1 fully saturated rings. The minimum atomic E-state index is 0.0118. The Balaban J connectivity index is 1.53. The summed E-state index contributed by atoms with van der Waals surface area (Å²) >= 11 is 1.60. The van der Waals surface area contributed by atoms with Gasteiger partial charge in [-0.2, -0.15) is 0 Å². The number of nitrogens with zero attached hydrogens (tertiary/aromatic N) is 3. The summed E-state index contributed by atoms with van der Waals surface area (Å²) in [4.78, 5) is 27.2. The van der Waals surface area contributed by atoms with Gasteiger partial charge in [0, 0.05) is 31.2 Å². The molecule has 0 bridgehead atoms. The second kappa shape index (κ2) is 7.05. The van der Waals surface area contributed by atoms with Crippen molar-refractivity contribution >= 4 is 34.5 Å². The normalized spacial score (nSPS) is 20.8. The number of aromatic nitrogens is 3. The van der Waals surface area contributed by atoms with Crippen molar-refractivity contribution in [2.45, 2.75) is 13.3 Å². The van der Waals surface area contributed by atoms with Crippen molar-refractivity contribution in [3.8, 4) is 0 Å². The van der Waals surface area contributed by atoms with Gasteiger partial charge in [-0.05, 0) is 37.9 Å². The highest BCUT2D eigenvalue weighted by molar-refractivity contribution is 8.04. The summed E-state index contributed by atoms with van der Waals surface area (Å²) in [7, 11) is 0. The van der Waals surface area contributed by atoms with Crippen LogP contribution in [0.25, 0.3) is 11.0 Å². The van der Waals surface area contributed by atoms with Gasteiger partial charge in [0.1, 0.15) is 17.8 Å². The van der Waals surface area contributed by atoms with E-state index in [2.05, 4.69) is 30.5 Å². The summed E-state index contributed by atoms with van der Waals surface area (Å²) in [5.74, 6) is 2.27. The lowest BCUT2D eigenvalue weighted by molar-refractivity contribution is -0.117. The first-order valence-electron chi connectivity index (χ1n) is 8.61. The van der Waals surface area contributed by atoms with Crippen LogP contribution in [-0.2, 0) is 4.79 Å². The van der Waals surface area contributed by atoms with E-state index >= 15 is 0 Å². The highest BCUT2D eigenvalue weighted by atomic mass is 32.2. The van der Waals surface area contributed by atoms with Crippen LogP contribution in [0.4, 0.5) is 5.82 Å². The second-order valence-electron chi connectivity index (χ2n) is 6.50. The molecule has 1 amide bonds. The van der Waals surface area contributed by atoms with Crippen molar-refractivity contribution < 1.29 is 4.79 Å². The van der Waals surface area contributed by atoms with E-state index in [4.69, 9.17) is 0 Å². The minimum absolute atomic E-state index is 0.0118. The Bertz CT molecular complexity index is 811. The average Bonchev–Trinajstić information content (AvgIpc) is 3.30. The first-order chi connectivity index (χ1) is 12.2. The Morgan fingerprint density at radius 2 is 2.40 bits per heavy atom. The largest absolute Gasteiger partial charge is 0.351 e. The van der Waals surface area contributed by atoms with Crippen LogP contribution >= 0.6 is 11.8 Å².